The Morgan fingerprint density at radius 1 is 0.444 bits per heavy atom. The first-order valence-corrected chi connectivity index (χ1v) is 43.3. The van der Waals surface area contributed by atoms with E-state index in [4.69, 9.17) is 73.1 Å². The minimum Gasteiger partial charge on any atom is -0.756 e. The molecular weight excluding hydrogens is 1850 g/mol. The van der Waals surface area contributed by atoms with Crippen molar-refractivity contribution in [1.82, 2.24) is 0 Å². The summed E-state index contributed by atoms with van der Waals surface area (Å²) in [5, 5.41) is 48.2. The molecule has 42 nitrogen and oxygen atoms in total. The van der Waals surface area contributed by atoms with Gasteiger partial charge in [-0.1, -0.05) is 0 Å². The van der Waals surface area contributed by atoms with Crippen molar-refractivity contribution >= 4 is 96.5 Å². The van der Waals surface area contributed by atoms with Crippen LogP contribution in [0, 0.1) is 0 Å². The number of rotatable bonds is 20. The summed E-state index contributed by atoms with van der Waals surface area (Å²) in [7, 11) is -19.9. The molecule has 0 amide bonds. The van der Waals surface area contributed by atoms with Crippen LogP contribution in [-0.2, 0) is 140 Å². The molecule has 0 saturated carbocycles. The Bertz CT molecular complexity index is 3430. The Morgan fingerprint density at radius 2 is 0.770 bits per heavy atom. The molecule has 0 saturated heterocycles. The van der Waals surface area contributed by atoms with Gasteiger partial charge in [0.15, 0.2) is 5.25 Å². The summed E-state index contributed by atoms with van der Waals surface area (Å²) in [6.45, 7) is 65.4. The summed E-state index contributed by atoms with van der Waals surface area (Å²) < 4.78 is 194. The maximum Gasteiger partial charge on any atom is 1.00 e. The zero-order chi connectivity index (χ0) is 100. The molecule has 0 aliphatic carbocycles. The second kappa shape index (κ2) is 77.6. The summed E-state index contributed by atoms with van der Waals surface area (Å²) in [4.78, 5) is 102. The van der Waals surface area contributed by atoms with Gasteiger partial charge in [0.05, 0.1) is 95.2 Å². The van der Waals surface area contributed by atoms with Gasteiger partial charge in [-0.25, -0.2) is 52.8 Å². The average molecular weight is 1990 g/mol. The van der Waals surface area contributed by atoms with E-state index in [1.807, 2.05) is 104 Å². The fourth-order valence-electron chi connectivity index (χ4n) is 4.65. The van der Waals surface area contributed by atoms with Crippen LogP contribution in [0.2, 0.25) is 0 Å². The summed E-state index contributed by atoms with van der Waals surface area (Å²) >= 11 is 0. The third-order valence-electron chi connectivity index (χ3n) is 8.71. The smallest absolute Gasteiger partial charge is 0.756 e. The number of aliphatic hydroxyl groups is 3. The Hall–Kier alpha value is 0.690. The van der Waals surface area contributed by atoms with Crippen LogP contribution < -0.4 is 187 Å². The molecule has 53 heteroatoms. The third-order valence-corrected chi connectivity index (χ3v) is 13.0. The van der Waals surface area contributed by atoms with Crippen LogP contribution in [0.5, 0.6) is 0 Å². The first-order valence-electron chi connectivity index (χ1n) is 36.0. The molecule has 0 radical (unpaired) electrons. The van der Waals surface area contributed by atoms with Crippen LogP contribution in [0.15, 0.2) is 12.2 Å². The number of hydrogen-bond acceptors (Lipinski definition) is 39. The molecule has 0 bridgehead atoms. The predicted molar refractivity (Wildman–Crippen MR) is 435 cm³/mol. The van der Waals surface area contributed by atoms with E-state index >= 15 is 0 Å². The predicted octanol–water partition coefficient (Wildman–Crippen LogP) is -11.3. The number of aliphatic carboxylic acids is 3. The van der Waals surface area contributed by atoms with Gasteiger partial charge in [-0.3, -0.25) is 23.1 Å². The van der Waals surface area contributed by atoms with Crippen LogP contribution >= 0.6 is 7.82 Å². The number of carbonyl (C=O) groups is 8. The first kappa shape index (κ1) is 169. The molecule has 4 atom stereocenters. The molecule has 726 valence electrons. The fraction of sp³-hybridized carbons (Fsp3) is 0.863. The summed E-state index contributed by atoms with van der Waals surface area (Å²) in [6.07, 6.45) is -0.968. The van der Waals surface area contributed by atoms with Crippen molar-refractivity contribution in [2.24, 2.45) is 0 Å². The molecule has 0 aliphatic rings. The van der Waals surface area contributed by atoms with Crippen LogP contribution in [0.1, 0.15) is 270 Å². The van der Waals surface area contributed by atoms with Crippen LogP contribution in [-0.4, -0.2) is 274 Å². The molecule has 0 aliphatic heterocycles. The molecule has 0 spiro atoms. The van der Waals surface area contributed by atoms with Crippen molar-refractivity contribution in [3.63, 3.8) is 0 Å². The van der Waals surface area contributed by atoms with E-state index in [9.17, 15) is 105 Å². The normalized spacial score (nSPS) is 12.8. The zero-order valence-electron chi connectivity index (χ0n) is 84.0. The number of phosphoric ester groups is 1. The van der Waals surface area contributed by atoms with Crippen LogP contribution in [0.4, 0.5) is 4.79 Å². The standard InChI is InChI=1S/C8H14O7S.C8H12O4.C7H14O5S.C7H16O3.C6H14O4S.2C6H12O3.C6H14O2.C6H12O2.C5H12O.C4H11O4P.C4H10O4S.6Na/c1-8(2,3)15-7(11)5(4-6(9)10)16(12,13)14;1-8(2,3)12-7(11)5-4-6(9)10;1-5(13(9,10)11)6(8)12-7(2,3)4;1-7(2,3)10-5-6(9)4-8;1-6(2,3)10-4-5-11(7,8)9;1-6(2,3)9-5(7)8-4;1-6(2,3)9-4-5(7)8;1-6(2,3)8-5-4-7;1-5(7)8-6(2,3)4;1-5(2,3)6-4;2*1-4(2,3)8-9(5,6)7;;;;;;/h5H,4H2,1-3H3,(H,9,10)(H,12,13,14);4-5H,1-3H3,(H,9,10);5H,1-4H3,(H,9,10,11);6,8-9H,4-5H2,1-3H3;4-5H2,1-3H3,(H,7,8,9);1-4H3;4H2,1-3H3,(H,7,8);7H,4-5H2,1-3H3;1-4H3;1-4H3;1-3H3,(H2,5,6,7);1-3H3,(H,5,6,7);;;;;;/q;;;;;;;;;;;;6*+1/p-6/b;5-4+;;;;;;;;;;;;;;;;. The summed E-state index contributed by atoms with van der Waals surface area (Å²) in [5.74, 6) is -7.62. The van der Waals surface area contributed by atoms with Gasteiger partial charge in [0.1, 0.15) is 66.2 Å². The van der Waals surface area contributed by atoms with Gasteiger partial charge in [-0.05, 0) is 256 Å². The van der Waals surface area contributed by atoms with Gasteiger partial charge in [-0.2, -0.15) is 0 Å². The summed E-state index contributed by atoms with van der Waals surface area (Å²) in [6, 6.07) is 0. The topological polar surface area (TPSA) is 670 Å². The molecule has 0 rings (SSSR count). The van der Waals surface area contributed by atoms with Crippen molar-refractivity contribution in [3.8, 4) is 0 Å². The number of ether oxygens (including phenoxy) is 11. The number of hydrogen-bond donors (Lipinski definition) is 6. The number of carboxylic acid groups (broad SMARTS) is 3. The van der Waals surface area contributed by atoms with Crippen molar-refractivity contribution in [2.75, 3.05) is 59.6 Å². The molecule has 6 N–H and O–H groups in total. The number of aliphatic hydroxyl groups excluding tert-OH is 3. The molecule has 0 heterocycles. The van der Waals surface area contributed by atoms with Gasteiger partial charge in [0.2, 0.25) is 10.4 Å². The zero-order valence-corrected chi connectivity index (χ0v) is 100. The molecule has 0 aromatic rings. The Kier molecular flexibility index (Phi) is 104. The maximum absolute atomic E-state index is 11.2. The van der Waals surface area contributed by atoms with Gasteiger partial charge < -0.3 is 120 Å². The van der Waals surface area contributed by atoms with Crippen molar-refractivity contribution in [2.45, 2.75) is 353 Å². The van der Waals surface area contributed by atoms with E-state index in [2.05, 4.69) is 18.2 Å². The van der Waals surface area contributed by atoms with E-state index in [-0.39, 0.29) is 250 Å². The largest absolute Gasteiger partial charge is 1.00 e. The summed E-state index contributed by atoms with van der Waals surface area (Å²) in [5.41, 5.74) is -5.95. The van der Waals surface area contributed by atoms with E-state index in [1.54, 1.807) is 90.2 Å². The molecule has 0 aromatic heterocycles. The quantitative estimate of drug-likeness (QED) is 0.0125. The van der Waals surface area contributed by atoms with E-state index in [1.165, 1.54) is 76.3 Å². The van der Waals surface area contributed by atoms with E-state index < -0.39 is 153 Å². The Balaban J connectivity index is -0.0000000633. The van der Waals surface area contributed by atoms with Crippen molar-refractivity contribution in [1.29, 1.82) is 0 Å². The minimum atomic E-state index is -5.08. The second-order valence-electron chi connectivity index (χ2n) is 35.9. The molecular formula is C73H147Na6O42PS4. The monoisotopic (exact) mass is 1990 g/mol. The third kappa shape index (κ3) is 196. The van der Waals surface area contributed by atoms with E-state index in [0.29, 0.717) is 6.61 Å². The molecule has 0 aromatic carbocycles. The second-order valence-corrected chi connectivity index (χ2v) is 42.8. The number of carboxylic acids is 3. The average Bonchev–Trinajstić information content (AvgIpc) is 0.843. The molecule has 4 unspecified atom stereocenters. The number of methoxy groups -OCH3 is 2. The van der Waals surface area contributed by atoms with Gasteiger partial charge in [-0.15, -0.1) is 0 Å². The van der Waals surface area contributed by atoms with Gasteiger partial charge in [0, 0.05) is 38.6 Å². The van der Waals surface area contributed by atoms with Crippen molar-refractivity contribution in [3.05, 3.63) is 12.2 Å². The van der Waals surface area contributed by atoms with Gasteiger partial charge in [0.25, 0.3) is 7.82 Å². The van der Waals surface area contributed by atoms with E-state index in [0.717, 1.165) is 19.1 Å². The molecule has 0 fully saturated rings. The van der Waals surface area contributed by atoms with Gasteiger partial charge >= 0.3 is 219 Å². The maximum atomic E-state index is 11.2. The first-order chi connectivity index (χ1) is 51.8. The van der Waals surface area contributed by atoms with Crippen LogP contribution in [0.3, 0.4) is 0 Å². The number of carbonyl (C=O) groups excluding carboxylic acids is 6. The molecule has 126 heavy (non-hydrogen) atoms. The fourth-order valence-corrected chi connectivity index (χ4v) is 7.15. The van der Waals surface area contributed by atoms with Crippen molar-refractivity contribution < 1.29 is 373 Å². The Morgan fingerprint density at radius 3 is 0.929 bits per heavy atom. The number of phosphoric acid groups is 1. The number of esters is 4. The van der Waals surface area contributed by atoms with Crippen LogP contribution in [0.25, 0.3) is 0 Å². The Labute approximate surface area is 884 Å². The SMILES string of the molecule is CC(=O)OC(C)(C)C.CC(C(=O)OC(C)(C)C)S(=O)(=O)[O-].CC(C)(C)OC(=O)/C=C/C(=O)O.CC(C)(C)OC(=O)C(CC(=O)[O-])S(=O)(=O)[O-].CC(C)(C)OCC(=O)O.CC(C)(C)OCC(O)CO.CC(C)(C)OCCO.CC(C)(C)OCCS(=O)(=O)[O-].CC(C)(C)OP(=O)([O-])O.CC(C)(C)OS(=O)(=O)[O-].COC(=O)OC(C)(C)C.COC(C)(C)C.[Na+].[Na+].[Na+].[Na+].[Na+].[Na+]. The minimum absolute atomic E-state index is 0.